The number of non-ortho nitro benzene ring substituents is 1. The zero-order chi connectivity index (χ0) is 22.2. The first-order chi connectivity index (χ1) is 15.0. The van der Waals surface area contributed by atoms with Crippen LogP contribution in [0, 0.1) is 21.4 Å². The van der Waals surface area contributed by atoms with E-state index in [4.69, 9.17) is 19.5 Å². The van der Waals surface area contributed by atoms with E-state index in [0.29, 0.717) is 17.0 Å². The fourth-order valence-electron chi connectivity index (χ4n) is 2.60. The SMILES string of the molecule is CCOC(=O)c1nn(-c2ccc([N+](=O)[O-])cc2)cc1OCCOc1ccc(C#N)cc1. The molecule has 0 aliphatic rings. The molecule has 0 bridgehead atoms. The van der Waals surface area contributed by atoms with Crippen molar-refractivity contribution in [3.63, 3.8) is 0 Å². The normalized spacial score (nSPS) is 10.2. The predicted octanol–water partition coefficient (Wildman–Crippen LogP) is 3.29. The number of hydrogen-bond donors (Lipinski definition) is 0. The molecule has 0 aliphatic heterocycles. The molecule has 0 radical (unpaired) electrons. The number of nitrogens with zero attached hydrogens (tertiary/aromatic N) is 4. The maximum atomic E-state index is 12.2. The van der Waals surface area contributed by atoms with Crippen LogP contribution in [-0.2, 0) is 4.74 Å². The van der Waals surface area contributed by atoms with Gasteiger partial charge in [0.1, 0.15) is 19.0 Å². The number of nitriles is 1. The summed E-state index contributed by atoms with van der Waals surface area (Å²) in [6.07, 6.45) is 1.50. The van der Waals surface area contributed by atoms with Crippen LogP contribution in [0.25, 0.3) is 5.69 Å². The first kappa shape index (κ1) is 21.3. The van der Waals surface area contributed by atoms with Crippen molar-refractivity contribution in [2.24, 2.45) is 0 Å². The Morgan fingerprint density at radius 1 is 1.13 bits per heavy atom. The second-order valence-electron chi connectivity index (χ2n) is 6.11. The average Bonchev–Trinajstić information content (AvgIpc) is 3.21. The number of esters is 1. The van der Waals surface area contributed by atoms with E-state index in [9.17, 15) is 14.9 Å². The molecule has 0 N–H and O–H groups in total. The highest BCUT2D eigenvalue weighted by Gasteiger charge is 2.20. The highest BCUT2D eigenvalue weighted by molar-refractivity contribution is 5.90. The Labute approximate surface area is 177 Å². The van der Waals surface area contributed by atoms with E-state index in [-0.39, 0.29) is 37.0 Å². The third kappa shape index (κ3) is 5.36. The number of aromatic nitrogens is 2. The average molecular weight is 422 g/mol. The molecule has 0 spiro atoms. The lowest BCUT2D eigenvalue weighted by Gasteiger charge is -2.08. The predicted molar refractivity (Wildman–Crippen MR) is 108 cm³/mol. The molecular formula is C21H18N4O6. The Bertz CT molecular complexity index is 1100. The smallest absolute Gasteiger partial charge is 0.362 e. The minimum Gasteiger partial charge on any atom is -0.490 e. The summed E-state index contributed by atoms with van der Waals surface area (Å²) in [5.41, 5.74) is 0.970. The van der Waals surface area contributed by atoms with E-state index in [1.165, 1.54) is 35.1 Å². The van der Waals surface area contributed by atoms with Crippen LogP contribution in [0.4, 0.5) is 5.69 Å². The van der Waals surface area contributed by atoms with Gasteiger partial charge in [-0.3, -0.25) is 10.1 Å². The van der Waals surface area contributed by atoms with Crippen molar-refractivity contribution in [2.75, 3.05) is 19.8 Å². The monoisotopic (exact) mass is 422 g/mol. The number of carbonyl (C=O) groups excluding carboxylic acids is 1. The van der Waals surface area contributed by atoms with Gasteiger partial charge in [0, 0.05) is 12.1 Å². The first-order valence-corrected chi connectivity index (χ1v) is 9.29. The van der Waals surface area contributed by atoms with E-state index in [0.717, 1.165) is 0 Å². The van der Waals surface area contributed by atoms with E-state index < -0.39 is 10.9 Å². The van der Waals surface area contributed by atoms with Crippen molar-refractivity contribution in [3.05, 3.63) is 76.1 Å². The van der Waals surface area contributed by atoms with Crippen molar-refractivity contribution in [3.8, 4) is 23.3 Å². The number of carbonyl (C=O) groups is 1. The number of nitro benzene ring substituents is 1. The minimum atomic E-state index is -0.647. The van der Waals surface area contributed by atoms with E-state index in [1.807, 2.05) is 6.07 Å². The molecular weight excluding hydrogens is 404 g/mol. The second-order valence-corrected chi connectivity index (χ2v) is 6.11. The Balaban J connectivity index is 1.70. The van der Waals surface area contributed by atoms with Gasteiger partial charge in [-0.05, 0) is 43.3 Å². The molecule has 0 amide bonds. The molecule has 0 saturated carbocycles. The summed E-state index contributed by atoms with van der Waals surface area (Å²) in [5.74, 6) is 0.126. The standard InChI is InChI=1S/C21H18N4O6/c1-2-29-21(26)20-19(31-12-11-30-18-9-3-15(13-22)4-10-18)14-24(23-20)16-5-7-17(8-6-16)25(27)28/h3-10,14H,2,11-12H2,1H3. The van der Waals surface area contributed by atoms with Gasteiger partial charge in [0.2, 0.25) is 5.69 Å². The van der Waals surface area contributed by atoms with Crippen LogP contribution >= 0.6 is 0 Å². The topological polar surface area (TPSA) is 130 Å². The van der Waals surface area contributed by atoms with Crippen molar-refractivity contribution in [2.45, 2.75) is 6.92 Å². The number of ether oxygens (including phenoxy) is 3. The summed E-state index contributed by atoms with van der Waals surface area (Å²) in [6, 6.07) is 14.4. The van der Waals surface area contributed by atoms with E-state index in [1.54, 1.807) is 31.2 Å². The van der Waals surface area contributed by atoms with Crippen LogP contribution in [0.2, 0.25) is 0 Å². The van der Waals surface area contributed by atoms with E-state index >= 15 is 0 Å². The maximum absolute atomic E-state index is 12.2. The van der Waals surface area contributed by atoms with Gasteiger partial charge in [0.25, 0.3) is 5.69 Å². The third-order valence-corrected chi connectivity index (χ3v) is 4.07. The van der Waals surface area contributed by atoms with Crippen LogP contribution in [0.1, 0.15) is 23.0 Å². The molecule has 10 nitrogen and oxygen atoms in total. The van der Waals surface area contributed by atoms with Crippen LogP contribution < -0.4 is 9.47 Å². The Kier molecular flexibility index (Phi) is 6.80. The summed E-state index contributed by atoms with van der Waals surface area (Å²) in [6.45, 7) is 2.16. The number of hydrogen-bond acceptors (Lipinski definition) is 8. The van der Waals surface area contributed by atoms with Crippen LogP contribution in [0.15, 0.2) is 54.7 Å². The zero-order valence-corrected chi connectivity index (χ0v) is 16.6. The molecule has 0 atom stereocenters. The maximum Gasteiger partial charge on any atom is 0.362 e. The molecule has 2 aromatic carbocycles. The second kappa shape index (κ2) is 9.89. The fourth-order valence-corrected chi connectivity index (χ4v) is 2.60. The summed E-state index contributed by atoms with van der Waals surface area (Å²) < 4.78 is 17.6. The summed E-state index contributed by atoms with van der Waals surface area (Å²) >= 11 is 0. The van der Waals surface area contributed by atoms with Crippen molar-refractivity contribution < 1.29 is 23.9 Å². The minimum absolute atomic E-state index is 0.0152. The molecule has 1 aromatic heterocycles. The summed E-state index contributed by atoms with van der Waals surface area (Å²) in [5, 5.41) is 23.8. The molecule has 3 rings (SSSR count). The van der Waals surface area contributed by atoms with E-state index in [2.05, 4.69) is 5.10 Å². The van der Waals surface area contributed by atoms with Crippen LogP contribution in [0.3, 0.4) is 0 Å². The lowest BCUT2D eigenvalue weighted by Crippen LogP contribution is -2.12. The van der Waals surface area contributed by atoms with Crippen LogP contribution in [-0.4, -0.2) is 40.5 Å². The van der Waals surface area contributed by atoms with Gasteiger partial charge in [-0.25, -0.2) is 9.48 Å². The molecule has 0 unspecified atom stereocenters. The molecule has 1 heterocycles. The highest BCUT2D eigenvalue weighted by Crippen LogP contribution is 2.22. The Morgan fingerprint density at radius 3 is 2.42 bits per heavy atom. The Morgan fingerprint density at radius 2 is 1.81 bits per heavy atom. The zero-order valence-electron chi connectivity index (χ0n) is 16.6. The lowest BCUT2D eigenvalue weighted by molar-refractivity contribution is -0.384. The summed E-state index contributed by atoms with van der Waals surface area (Å²) in [4.78, 5) is 22.6. The number of benzene rings is 2. The van der Waals surface area contributed by atoms with Gasteiger partial charge in [0.15, 0.2) is 5.75 Å². The lowest BCUT2D eigenvalue weighted by atomic mass is 10.2. The highest BCUT2D eigenvalue weighted by atomic mass is 16.6. The molecule has 0 fully saturated rings. The number of nitro groups is 1. The molecule has 31 heavy (non-hydrogen) atoms. The molecule has 3 aromatic rings. The van der Waals surface area contributed by atoms with Crippen LogP contribution in [0.5, 0.6) is 11.5 Å². The van der Waals surface area contributed by atoms with Gasteiger partial charge < -0.3 is 14.2 Å². The molecule has 10 heteroatoms. The third-order valence-electron chi connectivity index (χ3n) is 4.07. The summed E-state index contributed by atoms with van der Waals surface area (Å²) in [7, 11) is 0. The first-order valence-electron chi connectivity index (χ1n) is 9.29. The quantitative estimate of drug-likeness (QED) is 0.222. The van der Waals surface area contributed by atoms with Gasteiger partial charge in [-0.2, -0.15) is 10.4 Å². The molecule has 0 aliphatic carbocycles. The Hall–Kier alpha value is -4.39. The molecule has 158 valence electrons. The number of rotatable bonds is 9. The van der Waals surface area contributed by atoms with Gasteiger partial charge >= 0.3 is 5.97 Å². The van der Waals surface area contributed by atoms with Gasteiger partial charge in [0.05, 0.1) is 35.0 Å². The van der Waals surface area contributed by atoms with Crippen molar-refractivity contribution in [1.29, 1.82) is 5.26 Å². The van der Waals surface area contributed by atoms with Crippen molar-refractivity contribution >= 4 is 11.7 Å². The fraction of sp³-hybridized carbons (Fsp3) is 0.190. The molecule has 0 saturated heterocycles. The van der Waals surface area contributed by atoms with Gasteiger partial charge in [-0.15, -0.1) is 0 Å². The van der Waals surface area contributed by atoms with Gasteiger partial charge in [-0.1, -0.05) is 0 Å². The van der Waals surface area contributed by atoms with Crippen molar-refractivity contribution in [1.82, 2.24) is 9.78 Å². The largest absolute Gasteiger partial charge is 0.490 e.